The number of carboxylic acid groups (broad SMARTS) is 1. The number of rotatable bonds is 14. The van der Waals surface area contributed by atoms with Crippen molar-refractivity contribution >= 4 is 11.9 Å². The van der Waals surface area contributed by atoms with Gasteiger partial charge in [0.15, 0.2) is 0 Å². The summed E-state index contributed by atoms with van der Waals surface area (Å²) in [6.07, 6.45) is 10.0. The molecule has 0 saturated heterocycles. The minimum atomic E-state index is -0.950. The number of amides is 1. The van der Waals surface area contributed by atoms with Crippen LogP contribution in [0.3, 0.4) is 0 Å². The van der Waals surface area contributed by atoms with Gasteiger partial charge in [-0.25, -0.2) is 4.79 Å². The minimum absolute atomic E-state index is 0.0193. The van der Waals surface area contributed by atoms with Crippen LogP contribution in [0, 0.1) is 11.8 Å². The molecule has 1 rings (SSSR count). The second kappa shape index (κ2) is 13.9. The summed E-state index contributed by atoms with van der Waals surface area (Å²) in [5.74, 6) is -0.594. The highest BCUT2D eigenvalue weighted by Crippen LogP contribution is 2.31. The van der Waals surface area contributed by atoms with Crippen LogP contribution in [-0.2, 0) is 9.59 Å². The van der Waals surface area contributed by atoms with E-state index in [0.717, 1.165) is 50.6 Å². The molecule has 6 heteroatoms. The molecule has 0 spiro atoms. The number of likely N-dealkylation sites (N-methyl/N-ethyl adjacent to an activating group) is 1. The van der Waals surface area contributed by atoms with Gasteiger partial charge in [0.25, 0.3) is 0 Å². The van der Waals surface area contributed by atoms with E-state index in [-0.39, 0.29) is 40.9 Å². The molecule has 1 saturated carbocycles. The Morgan fingerprint density at radius 1 is 1.12 bits per heavy atom. The number of nitrogens with one attached hydrogen (secondary N) is 2. The van der Waals surface area contributed by atoms with Gasteiger partial charge in [-0.05, 0) is 57.8 Å². The molecule has 0 aromatic heterocycles. The Morgan fingerprint density at radius 3 is 2.12 bits per heavy atom. The molecule has 1 fully saturated rings. The Balaban J connectivity index is 3.30. The maximum atomic E-state index is 14.0. The molecule has 0 bridgehead atoms. The van der Waals surface area contributed by atoms with Gasteiger partial charge in [0.2, 0.25) is 5.91 Å². The van der Waals surface area contributed by atoms with Crippen molar-refractivity contribution in [3.63, 3.8) is 0 Å². The molecular weight excluding hydrogens is 426 g/mol. The summed E-state index contributed by atoms with van der Waals surface area (Å²) in [5, 5.41) is 16.8. The average Bonchev–Trinajstić information content (AvgIpc) is 2.83. The number of hydrogen-bond acceptors (Lipinski definition) is 4. The van der Waals surface area contributed by atoms with Crippen LogP contribution in [0.15, 0.2) is 23.9 Å². The van der Waals surface area contributed by atoms with E-state index in [0.29, 0.717) is 6.04 Å². The zero-order chi connectivity index (χ0) is 26.1. The highest BCUT2D eigenvalue weighted by atomic mass is 16.4. The third kappa shape index (κ3) is 7.86. The number of carbonyl (C=O) groups is 2. The normalized spacial score (nSPS) is 18.3. The third-order valence-electron chi connectivity index (χ3n) is 7.87. The van der Waals surface area contributed by atoms with Crippen molar-refractivity contribution in [2.75, 3.05) is 7.05 Å². The lowest BCUT2D eigenvalue weighted by Gasteiger charge is -2.42. The van der Waals surface area contributed by atoms with Crippen molar-refractivity contribution < 1.29 is 14.7 Å². The first kappa shape index (κ1) is 30.2. The minimum Gasteiger partial charge on any atom is -0.478 e. The van der Waals surface area contributed by atoms with E-state index < -0.39 is 5.97 Å². The fourth-order valence-corrected chi connectivity index (χ4v) is 5.16. The van der Waals surface area contributed by atoms with Crippen molar-refractivity contribution in [1.82, 2.24) is 15.5 Å². The second-order valence-corrected chi connectivity index (χ2v) is 10.6. The summed E-state index contributed by atoms with van der Waals surface area (Å²) in [5.41, 5.74) is 0.866. The number of nitrogens with zero attached hydrogens (tertiary/aromatic N) is 1. The fourth-order valence-electron chi connectivity index (χ4n) is 5.16. The molecule has 3 atom stereocenters. The summed E-state index contributed by atoms with van der Waals surface area (Å²) in [7, 11) is 1.81. The van der Waals surface area contributed by atoms with E-state index in [2.05, 4.69) is 44.9 Å². The lowest BCUT2D eigenvalue weighted by Crippen LogP contribution is -2.58. The number of carbonyl (C=O) groups excluding carboxylic acids is 1. The van der Waals surface area contributed by atoms with Gasteiger partial charge >= 0.3 is 5.97 Å². The molecule has 1 aliphatic rings. The van der Waals surface area contributed by atoms with Crippen molar-refractivity contribution in [3.05, 3.63) is 23.9 Å². The molecule has 196 valence electrons. The maximum Gasteiger partial charge on any atom is 0.331 e. The van der Waals surface area contributed by atoms with Gasteiger partial charge in [0, 0.05) is 24.4 Å². The number of hydrogen-bond donors (Lipinski definition) is 3. The zero-order valence-corrected chi connectivity index (χ0v) is 23.0. The van der Waals surface area contributed by atoms with Crippen molar-refractivity contribution in [3.8, 4) is 0 Å². The molecule has 1 amide bonds. The summed E-state index contributed by atoms with van der Waals surface area (Å²) >= 11 is 0. The summed E-state index contributed by atoms with van der Waals surface area (Å²) in [6.45, 7) is 18.8. The van der Waals surface area contributed by atoms with E-state index in [9.17, 15) is 14.7 Å². The molecule has 0 aromatic carbocycles. The van der Waals surface area contributed by atoms with Crippen LogP contribution in [0.1, 0.15) is 99.8 Å². The Morgan fingerprint density at radius 2 is 1.68 bits per heavy atom. The first-order valence-corrected chi connectivity index (χ1v) is 13.4. The zero-order valence-electron chi connectivity index (χ0n) is 23.0. The average molecular weight is 478 g/mol. The molecule has 3 unspecified atom stereocenters. The summed E-state index contributed by atoms with van der Waals surface area (Å²) in [4.78, 5) is 27.2. The van der Waals surface area contributed by atoms with Gasteiger partial charge in [0.1, 0.15) is 6.04 Å². The highest BCUT2D eigenvalue weighted by molar-refractivity contribution is 5.86. The smallest absolute Gasteiger partial charge is 0.331 e. The van der Waals surface area contributed by atoms with E-state index in [4.69, 9.17) is 0 Å². The largest absolute Gasteiger partial charge is 0.478 e. The number of aliphatic carboxylic acids is 1. The van der Waals surface area contributed by atoms with Crippen molar-refractivity contribution in [2.45, 2.75) is 123 Å². The number of carboxylic acids is 1. The van der Waals surface area contributed by atoms with E-state index in [1.54, 1.807) is 17.9 Å². The van der Waals surface area contributed by atoms with Gasteiger partial charge < -0.3 is 20.6 Å². The van der Waals surface area contributed by atoms with E-state index in [1.807, 2.05) is 20.9 Å². The highest BCUT2D eigenvalue weighted by Gasteiger charge is 2.38. The maximum absolute atomic E-state index is 14.0. The van der Waals surface area contributed by atoms with Gasteiger partial charge in [-0.15, -0.1) is 0 Å². The SMILES string of the molecule is C=C(NC(C(=O)N(C)C(/C=C(\C)C(=O)O)C(C)C)C1CCCCC1)C(CC)(CC)NC(C)CC. The molecule has 0 aliphatic heterocycles. The van der Waals surface area contributed by atoms with Gasteiger partial charge in [-0.3, -0.25) is 4.79 Å². The predicted octanol–water partition coefficient (Wildman–Crippen LogP) is 5.50. The standard InChI is InChI=1S/C28H51N3O3/c1-10-21(7)30-28(11-2,12-3)22(8)29-25(23-16-14-13-15-17-23)26(32)31(9)24(19(4)5)18-20(6)27(33)34/h18-19,21,23-25,29-30H,8,10-17H2,1-7,9H3,(H,33,34)/b20-18+. The van der Waals surface area contributed by atoms with Crippen LogP contribution in [-0.4, -0.2) is 52.6 Å². The first-order chi connectivity index (χ1) is 15.9. The monoisotopic (exact) mass is 477 g/mol. The van der Waals surface area contributed by atoms with Crippen LogP contribution < -0.4 is 10.6 Å². The molecule has 0 radical (unpaired) electrons. The first-order valence-electron chi connectivity index (χ1n) is 13.4. The lowest BCUT2D eigenvalue weighted by atomic mass is 9.81. The van der Waals surface area contributed by atoms with Gasteiger partial charge in [-0.2, -0.15) is 0 Å². The molecule has 3 N–H and O–H groups in total. The lowest BCUT2D eigenvalue weighted by molar-refractivity contribution is -0.136. The molecular formula is C28H51N3O3. The Bertz CT molecular complexity index is 706. The van der Waals surface area contributed by atoms with Crippen LogP contribution in [0.4, 0.5) is 0 Å². The fraction of sp³-hybridized carbons (Fsp3) is 0.786. The molecule has 34 heavy (non-hydrogen) atoms. The van der Waals surface area contributed by atoms with Crippen LogP contribution >= 0.6 is 0 Å². The molecule has 0 heterocycles. The van der Waals surface area contributed by atoms with Crippen molar-refractivity contribution in [1.29, 1.82) is 0 Å². The Hall–Kier alpha value is -1.82. The van der Waals surface area contributed by atoms with E-state index >= 15 is 0 Å². The Kier molecular flexibility index (Phi) is 12.4. The quantitative estimate of drug-likeness (QED) is 0.288. The van der Waals surface area contributed by atoms with Crippen LogP contribution in [0.25, 0.3) is 0 Å². The van der Waals surface area contributed by atoms with Gasteiger partial charge in [0.05, 0.1) is 11.6 Å². The van der Waals surface area contributed by atoms with Gasteiger partial charge in [-0.1, -0.05) is 66.5 Å². The predicted molar refractivity (Wildman–Crippen MR) is 142 cm³/mol. The molecule has 6 nitrogen and oxygen atoms in total. The third-order valence-corrected chi connectivity index (χ3v) is 7.87. The second-order valence-electron chi connectivity index (χ2n) is 10.6. The molecule has 0 aromatic rings. The topological polar surface area (TPSA) is 81.7 Å². The van der Waals surface area contributed by atoms with Crippen LogP contribution in [0.2, 0.25) is 0 Å². The Labute approximate surface area is 208 Å². The summed E-state index contributed by atoms with van der Waals surface area (Å²) in [6, 6.07) is -0.307. The summed E-state index contributed by atoms with van der Waals surface area (Å²) < 4.78 is 0. The van der Waals surface area contributed by atoms with Crippen LogP contribution in [0.5, 0.6) is 0 Å². The van der Waals surface area contributed by atoms with Crippen molar-refractivity contribution in [2.24, 2.45) is 11.8 Å². The molecule has 1 aliphatic carbocycles. The van der Waals surface area contributed by atoms with E-state index in [1.165, 1.54) is 6.42 Å².